The van der Waals surface area contributed by atoms with Crippen LogP contribution in [-0.4, -0.2) is 142 Å². The van der Waals surface area contributed by atoms with E-state index in [4.69, 9.17) is 28.0 Å². The summed E-state index contributed by atoms with van der Waals surface area (Å²) in [5, 5.41) is 0. The molecule has 1 aliphatic heterocycles. The van der Waals surface area contributed by atoms with Gasteiger partial charge in [-0.1, -0.05) is 308 Å². The van der Waals surface area contributed by atoms with Crippen LogP contribution in [0.3, 0.4) is 0 Å². The van der Waals surface area contributed by atoms with Gasteiger partial charge < -0.3 is 55.9 Å². The molecule has 0 radical (unpaired) electrons. The molecular weight excluding hydrogens is 1110 g/mol. The van der Waals surface area contributed by atoms with Crippen LogP contribution in [-0.2, 0) is 37.1 Å². The van der Waals surface area contributed by atoms with Gasteiger partial charge in [0.1, 0.15) is 27.4 Å². The van der Waals surface area contributed by atoms with E-state index in [9.17, 15) is 18.9 Å². The Kier molecular flexibility index (Phi) is 58.7. The molecule has 516 valence electrons. The Hall–Kier alpha value is 0.0600. The van der Waals surface area contributed by atoms with E-state index in [0.29, 0.717) is 61.7 Å². The van der Waals surface area contributed by atoms with E-state index in [0.717, 1.165) is 38.5 Å². The monoisotopic (exact) mass is 1260 g/mol. The molecule has 0 amide bonds. The van der Waals surface area contributed by atoms with Crippen molar-refractivity contribution in [3.8, 4) is 0 Å². The fourth-order valence-electron chi connectivity index (χ4n) is 11.7. The molecule has 0 aromatic rings. The molecule has 3 unspecified atom stereocenters. The zero-order valence-corrected chi connectivity index (χ0v) is 60.1. The van der Waals surface area contributed by atoms with E-state index in [1.165, 1.54) is 295 Å². The predicted molar refractivity (Wildman–Crippen MR) is 364 cm³/mol. The van der Waals surface area contributed by atoms with E-state index >= 15 is 0 Å². The van der Waals surface area contributed by atoms with Crippen LogP contribution in [0.15, 0.2) is 0 Å². The van der Waals surface area contributed by atoms with Crippen molar-refractivity contribution in [1.82, 2.24) is 0 Å². The van der Waals surface area contributed by atoms with Gasteiger partial charge >= 0.3 is 0 Å². The standard InChI is InChI=1S/C72H148N2O10P2/c1-73(2,3)59-65-85(75,76)83-69-71-67-79-61-55-51-47-43-39-35-31-27-23-19-15-11-7-8-12-16-20-24-28-32-36-40-44-48-52-56-62-80-68-72(70-84-86(77,78)66-60-74(4,5)6)82-64-58-54-50-46-42-38-34-30-26-22-18-14-10-9-13-17-21-25-29-33-37-41-45-49-53-57-63-81-71/h71-72H,7-70H2,1-6H3/t71-,72?/m0/s1. The average Bonchev–Trinajstić information content (AvgIpc) is 3.65. The normalized spacial score (nSPS) is 24.6. The Morgan fingerprint density at radius 3 is 0.628 bits per heavy atom. The first-order valence-corrected chi connectivity index (χ1v) is 40.9. The lowest BCUT2D eigenvalue weighted by atomic mass is 10.0. The first-order valence-electron chi connectivity index (χ1n) is 37.5. The lowest BCUT2D eigenvalue weighted by Gasteiger charge is -2.30. The van der Waals surface area contributed by atoms with Crippen LogP contribution in [0.5, 0.6) is 0 Å². The molecule has 1 heterocycles. The number of ether oxygens (including phenoxy) is 4. The van der Waals surface area contributed by atoms with Crippen molar-refractivity contribution >= 4 is 15.2 Å². The van der Waals surface area contributed by atoms with Crippen molar-refractivity contribution in [3.63, 3.8) is 0 Å². The molecule has 0 spiro atoms. The van der Waals surface area contributed by atoms with Gasteiger partial charge in [0.2, 0.25) is 0 Å². The van der Waals surface area contributed by atoms with E-state index in [1.54, 1.807) is 0 Å². The Bertz CT molecular complexity index is 1390. The minimum absolute atomic E-state index is 0.0340. The van der Waals surface area contributed by atoms with Crippen LogP contribution in [0, 0.1) is 0 Å². The number of rotatable bonds is 12. The van der Waals surface area contributed by atoms with Gasteiger partial charge in [-0.2, -0.15) is 0 Å². The maximum atomic E-state index is 12.7. The summed E-state index contributed by atoms with van der Waals surface area (Å²) in [5.41, 5.74) is 0. The highest BCUT2D eigenvalue weighted by atomic mass is 31.2. The minimum Gasteiger partial charge on any atom is -0.778 e. The smallest absolute Gasteiger partial charge is 0.140 e. The summed E-state index contributed by atoms with van der Waals surface area (Å²) < 4.78 is 62.1. The van der Waals surface area contributed by atoms with Crippen LogP contribution in [0.2, 0.25) is 0 Å². The molecule has 1 saturated heterocycles. The summed E-state index contributed by atoms with van der Waals surface area (Å²) in [7, 11) is 4.14. The van der Waals surface area contributed by atoms with Gasteiger partial charge in [0.15, 0.2) is 0 Å². The molecule has 1 rings (SSSR count). The Morgan fingerprint density at radius 1 is 0.291 bits per heavy atom. The summed E-state index contributed by atoms with van der Waals surface area (Å²) >= 11 is 0. The van der Waals surface area contributed by atoms with Crippen molar-refractivity contribution < 1.29 is 55.9 Å². The summed E-state index contributed by atoms with van der Waals surface area (Å²) in [6, 6.07) is 0. The molecule has 1 aliphatic rings. The van der Waals surface area contributed by atoms with Gasteiger partial charge in [-0.25, -0.2) is 0 Å². The Morgan fingerprint density at radius 2 is 0.453 bits per heavy atom. The van der Waals surface area contributed by atoms with Gasteiger partial charge in [-0.3, -0.25) is 0 Å². The van der Waals surface area contributed by atoms with Crippen molar-refractivity contribution in [2.45, 2.75) is 346 Å². The maximum absolute atomic E-state index is 12.7. The van der Waals surface area contributed by atoms with Crippen molar-refractivity contribution in [2.75, 3.05) is 121 Å². The van der Waals surface area contributed by atoms with Gasteiger partial charge in [0.05, 0.1) is 94.1 Å². The van der Waals surface area contributed by atoms with Crippen LogP contribution in [0.1, 0.15) is 334 Å². The molecule has 0 bridgehead atoms. The first kappa shape index (κ1) is 84.1. The maximum Gasteiger partial charge on any atom is 0.140 e. The highest BCUT2D eigenvalue weighted by Gasteiger charge is 2.21. The SMILES string of the molecule is C[N+](C)(C)CCP(=O)([O-])OCC1COCCCCCCCCCCCCCCCCCCCCCCCCCCCCOC[C@@H](COP(=O)([O-])CC[N+](C)(C)C)OCCCCCCCCCCCCCCCCCCCCCCCCCCCCO1. The average molecular weight is 1260 g/mol. The van der Waals surface area contributed by atoms with E-state index in [1.807, 2.05) is 42.3 Å². The molecular formula is C72H148N2O10P2. The molecule has 86 heavy (non-hydrogen) atoms. The fourth-order valence-corrected chi connectivity index (χ4v) is 14.4. The third-order valence-corrected chi connectivity index (χ3v) is 20.3. The number of hydrogen-bond donors (Lipinski definition) is 0. The van der Waals surface area contributed by atoms with Crippen molar-refractivity contribution in [2.24, 2.45) is 0 Å². The second-order valence-corrected chi connectivity index (χ2v) is 32.7. The summed E-state index contributed by atoms with van der Waals surface area (Å²) in [4.78, 5) is 25.5. The number of hydrogen-bond acceptors (Lipinski definition) is 10. The second kappa shape index (κ2) is 60.0. The van der Waals surface area contributed by atoms with Crippen molar-refractivity contribution in [1.29, 1.82) is 0 Å². The van der Waals surface area contributed by atoms with Crippen LogP contribution >= 0.6 is 15.2 Å². The molecule has 0 aromatic carbocycles. The highest BCUT2D eigenvalue weighted by molar-refractivity contribution is 7.51. The van der Waals surface area contributed by atoms with E-state index in [-0.39, 0.29) is 37.7 Å². The fraction of sp³-hybridized carbons (Fsp3) is 1.00. The van der Waals surface area contributed by atoms with Gasteiger partial charge in [0, 0.05) is 26.4 Å². The van der Waals surface area contributed by atoms with Crippen LogP contribution in [0.25, 0.3) is 0 Å². The van der Waals surface area contributed by atoms with E-state index < -0.39 is 15.2 Å². The van der Waals surface area contributed by atoms with Crippen molar-refractivity contribution in [3.05, 3.63) is 0 Å². The van der Waals surface area contributed by atoms with Gasteiger partial charge in [0.25, 0.3) is 0 Å². The molecule has 14 heteroatoms. The quantitative estimate of drug-likeness (QED) is 0.137. The Labute approximate surface area is 535 Å². The summed E-state index contributed by atoms with van der Waals surface area (Å²) in [6.07, 6.45) is 68.0. The molecule has 0 aromatic heterocycles. The number of nitrogens with zero attached hydrogens (tertiary/aromatic N) is 2. The van der Waals surface area contributed by atoms with Crippen LogP contribution in [0.4, 0.5) is 0 Å². The summed E-state index contributed by atoms with van der Waals surface area (Å²) in [5.74, 6) is 0. The lowest BCUT2D eigenvalue weighted by Crippen LogP contribution is -2.38. The lowest BCUT2D eigenvalue weighted by molar-refractivity contribution is -0.868. The highest BCUT2D eigenvalue weighted by Crippen LogP contribution is 2.38. The largest absolute Gasteiger partial charge is 0.778 e. The van der Waals surface area contributed by atoms with Gasteiger partial charge in [-0.05, 0) is 25.7 Å². The third-order valence-electron chi connectivity index (χ3n) is 17.7. The predicted octanol–water partition coefficient (Wildman–Crippen LogP) is 19.6. The topological polar surface area (TPSA) is 136 Å². The molecule has 4 atom stereocenters. The molecule has 12 nitrogen and oxygen atoms in total. The van der Waals surface area contributed by atoms with Gasteiger partial charge in [-0.15, -0.1) is 0 Å². The zero-order chi connectivity index (χ0) is 62.7. The Balaban J connectivity index is 2.41. The minimum atomic E-state index is -3.93. The van der Waals surface area contributed by atoms with E-state index in [2.05, 4.69) is 0 Å². The first-order chi connectivity index (χ1) is 41.6. The second-order valence-electron chi connectivity index (χ2n) is 28.8. The molecule has 0 saturated carbocycles. The number of quaternary nitrogens is 2. The molecule has 0 aliphatic carbocycles. The molecule has 1 fully saturated rings. The molecule has 0 N–H and O–H groups in total. The van der Waals surface area contributed by atoms with Crippen LogP contribution < -0.4 is 9.79 Å². The summed E-state index contributed by atoms with van der Waals surface area (Å²) in [6.45, 7) is 4.51. The zero-order valence-electron chi connectivity index (χ0n) is 58.3. The third kappa shape index (κ3) is 65.5.